The zero-order chi connectivity index (χ0) is 16.3. The lowest BCUT2D eigenvalue weighted by Crippen LogP contribution is -2.29. The predicted molar refractivity (Wildman–Crippen MR) is 91.6 cm³/mol. The Morgan fingerprint density at radius 3 is 2.50 bits per heavy atom. The largest absolute Gasteiger partial charge is 0.486 e. The number of carbonyl (C=O) groups is 1. The first-order valence-electron chi connectivity index (χ1n) is 5.99. The van der Waals surface area contributed by atoms with E-state index in [1.165, 1.54) is 6.07 Å². The average Bonchev–Trinajstić information content (AvgIpc) is 2.47. The molecule has 0 aromatic heterocycles. The molecule has 2 aromatic rings. The van der Waals surface area contributed by atoms with Crippen LogP contribution in [0.3, 0.4) is 0 Å². The van der Waals surface area contributed by atoms with Crippen molar-refractivity contribution in [2.75, 3.05) is 0 Å². The van der Waals surface area contributed by atoms with Crippen molar-refractivity contribution in [3.63, 3.8) is 0 Å². The molecule has 0 fully saturated rings. The number of hydrogen-bond donors (Lipinski definition) is 2. The second-order valence-corrected chi connectivity index (χ2v) is 6.37. The summed E-state index contributed by atoms with van der Waals surface area (Å²) in [7, 11) is 0. The molecular formula is C14H10BrCl3N2O2. The number of hydrazine groups is 1. The summed E-state index contributed by atoms with van der Waals surface area (Å²) in [6.45, 7) is 0.205. The molecule has 0 radical (unpaired) electrons. The van der Waals surface area contributed by atoms with E-state index in [1.807, 2.05) is 5.43 Å². The van der Waals surface area contributed by atoms with Crippen LogP contribution in [-0.4, -0.2) is 5.91 Å². The number of amides is 1. The summed E-state index contributed by atoms with van der Waals surface area (Å²) in [4.78, 5) is 11.5. The quantitative estimate of drug-likeness (QED) is 0.429. The highest BCUT2D eigenvalue weighted by atomic mass is 79.9. The van der Waals surface area contributed by atoms with Gasteiger partial charge in [0.05, 0.1) is 9.50 Å². The van der Waals surface area contributed by atoms with Crippen LogP contribution in [0.2, 0.25) is 15.1 Å². The van der Waals surface area contributed by atoms with Crippen LogP contribution in [0.25, 0.3) is 0 Å². The van der Waals surface area contributed by atoms with Crippen molar-refractivity contribution in [1.82, 2.24) is 5.43 Å². The van der Waals surface area contributed by atoms with Crippen molar-refractivity contribution in [3.8, 4) is 5.75 Å². The Morgan fingerprint density at radius 2 is 1.91 bits per heavy atom. The Hall–Kier alpha value is -0.980. The first-order chi connectivity index (χ1) is 10.4. The first-order valence-corrected chi connectivity index (χ1v) is 7.91. The lowest BCUT2D eigenvalue weighted by molar-refractivity contribution is 0.0953. The molecule has 8 heteroatoms. The van der Waals surface area contributed by atoms with Crippen LogP contribution in [0.1, 0.15) is 15.9 Å². The van der Waals surface area contributed by atoms with E-state index >= 15 is 0 Å². The fourth-order valence-corrected chi connectivity index (χ4v) is 3.13. The average molecular weight is 425 g/mol. The van der Waals surface area contributed by atoms with E-state index in [0.717, 1.165) is 5.56 Å². The Balaban J connectivity index is 2.21. The maximum atomic E-state index is 11.5. The molecule has 4 nitrogen and oxygen atoms in total. The second kappa shape index (κ2) is 7.53. The van der Waals surface area contributed by atoms with Crippen LogP contribution in [0.15, 0.2) is 34.8 Å². The summed E-state index contributed by atoms with van der Waals surface area (Å²) in [5.41, 5.74) is 3.11. The van der Waals surface area contributed by atoms with E-state index in [2.05, 4.69) is 15.9 Å². The second-order valence-electron chi connectivity index (χ2n) is 4.27. The molecule has 116 valence electrons. The predicted octanol–water partition coefficient (Wildman–Crippen LogP) is 4.59. The third-order valence-corrected chi connectivity index (χ3v) is 4.24. The summed E-state index contributed by atoms with van der Waals surface area (Å²) in [6, 6.07) is 8.15. The number of nitrogen functional groups attached to an aromatic ring is 1. The van der Waals surface area contributed by atoms with Crippen molar-refractivity contribution in [3.05, 3.63) is 61.0 Å². The number of nitrogens with two attached hydrogens (primary N) is 1. The SMILES string of the molecule is NNC(=O)c1cc(Cl)c(OCc2ccc(Cl)cc2Cl)c(Br)c1. The molecule has 22 heavy (non-hydrogen) atoms. The maximum Gasteiger partial charge on any atom is 0.265 e. The summed E-state index contributed by atoms with van der Waals surface area (Å²) in [5.74, 6) is 5.05. The molecule has 0 aliphatic carbocycles. The number of halogens is 4. The molecule has 0 aliphatic rings. The van der Waals surface area contributed by atoms with Crippen LogP contribution in [0, 0.1) is 0 Å². The van der Waals surface area contributed by atoms with Gasteiger partial charge in [-0.05, 0) is 40.2 Å². The number of nitrogens with one attached hydrogen (secondary N) is 1. The smallest absolute Gasteiger partial charge is 0.265 e. The van der Waals surface area contributed by atoms with Crippen molar-refractivity contribution >= 4 is 56.6 Å². The van der Waals surface area contributed by atoms with Gasteiger partial charge < -0.3 is 4.74 Å². The van der Waals surface area contributed by atoms with Crippen molar-refractivity contribution in [1.29, 1.82) is 0 Å². The molecule has 0 atom stereocenters. The Bertz CT molecular complexity index is 702. The van der Waals surface area contributed by atoms with Gasteiger partial charge in [0.25, 0.3) is 5.91 Å². The minimum atomic E-state index is -0.449. The van der Waals surface area contributed by atoms with E-state index in [9.17, 15) is 4.79 Å². The van der Waals surface area contributed by atoms with E-state index in [4.69, 9.17) is 45.4 Å². The normalized spacial score (nSPS) is 10.4. The number of benzene rings is 2. The molecule has 0 heterocycles. The molecule has 2 aromatic carbocycles. The Labute approximate surface area is 150 Å². The van der Waals surface area contributed by atoms with Gasteiger partial charge in [-0.15, -0.1) is 0 Å². The lowest BCUT2D eigenvalue weighted by atomic mass is 10.2. The van der Waals surface area contributed by atoms with Gasteiger partial charge in [-0.3, -0.25) is 10.2 Å². The zero-order valence-electron chi connectivity index (χ0n) is 11.0. The number of carbonyl (C=O) groups excluding carboxylic acids is 1. The van der Waals surface area contributed by atoms with Crippen molar-refractivity contribution < 1.29 is 9.53 Å². The van der Waals surface area contributed by atoms with E-state index < -0.39 is 5.91 Å². The summed E-state index contributed by atoms with van der Waals surface area (Å²) in [6.07, 6.45) is 0. The molecule has 0 spiro atoms. The monoisotopic (exact) mass is 422 g/mol. The minimum absolute atomic E-state index is 0.205. The van der Waals surface area contributed by atoms with Gasteiger partial charge in [-0.1, -0.05) is 40.9 Å². The van der Waals surface area contributed by atoms with Crippen LogP contribution in [-0.2, 0) is 6.61 Å². The first kappa shape index (κ1) is 17.4. The fourth-order valence-electron chi connectivity index (χ4n) is 1.70. The summed E-state index contributed by atoms with van der Waals surface area (Å²) >= 11 is 21.4. The molecule has 0 saturated carbocycles. The molecule has 0 saturated heterocycles. The van der Waals surface area contributed by atoms with Crippen LogP contribution < -0.4 is 16.0 Å². The van der Waals surface area contributed by atoms with E-state index in [-0.39, 0.29) is 11.6 Å². The Kier molecular flexibility index (Phi) is 5.94. The highest BCUT2D eigenvalue weighted by molar-refractivity contribution is 9.10. The van der Waals surface area contributed by atoms with Crippen molar-refractivity contribution in [2.45, 2.75) is 6.61 Å². The van der Waals surface area contributed by atoms with Gasteiger partial charge in [0.15, 0.2) is 5.75 Å². The number of ether oxygens (including phenoxy) is 1. The number of rotatable bonds is 4. The fraction of sp³-hybridized carbons (Fsp3) is 0.0714. The Morgan fingerprint density at radius 1 is 1.18 bits per heavy atom. The standard InChI is InChI=1S/C14H10BrCl3N2O2/c15-10-3-8(14(21)20-19)4-12(18)13(10)22-6-7-1-2-9(16)5-11(7)17/h1-5H,6,19H2,(H,20,21). The molecular weight excluding hydrogens is 414 g/mol. The minimum Gasteiger partial charge on any atom is -0.486 e. The summed E-state index contributed by atoms with van der Waals surface area (Å²) in [5, 5.41) is 1.32. The van der Waals surface area contributed by atoms with E-state index in [1.54, 1.807) is 24.3 Å². The van der Waals surface area contributed by atoms with Gasteiger partial charge >= 0.3 is 0 Å². The van der Waals surface area contributed by atoms with Gasteiger partial charge in [0, 0.05) is 21.2 Å². The lowest BCUT2D eigenvalue weighted by Gasteiger charge is -2.12. The van der Waals surface area contributed by atoms with Gasteiger partial charge in [-0.25, -0.2) is 5.84 Å². The highest BCUT2D eigenvalue weighted by Gasteiger charge is 2.14. The third kappa shape index (κ3) is 4.06. The molecule has 0 aliphatic heterocycles. The van der Waals surface area contributed by atoms with E-state index in [0.29, 0.717) is 25.8 Å². The topological polar surface area (TPSA) is 64.3 Å². The van der Waals surface area contributed by atoms with Crippen molar-refractivity contribution in [2.24, 2.45) is 5.84 Å². The number of hydrogen-bond acceptors (Lipinski definition) is 3. The van der Waals surface area contributed by atoms with Gasteiger partial charge in [0.1, 0.15) is 6.61 Å². The molecule has 3 N–H and O–H groups in total. The maximum absolute atomic E-state index is 11.5. The molecule has 0 unspecified atom stereocenters. The summed E-state index contributed by atoms with van der Waals surface area (Å²) < 4.78 is 6.20. The molecule has 2 rings (SSSR count). The van der Waals surface area contributed by atoms with Crippen LogP contribution in [0.4, 0.5) is 0 Å². The molecule has 0 bridgehead atoms. The van der Waals surface area contributed by atoms with Crippen LogP contribution in [0.5, 0.6) is 5.75 Å². The van der Waals surface area contributed by atoms with Crippen LogP contribution >= 0.6 is 50.7 Å². The van der Waals surface area contributed by atoms with Gasteiger partial charge in [0.2, 0.25) is 0 Å². The zero-order valence-corrected chi connectivity index (χ0v) is 14.9. The third-order valence-electron chi connectivity index (χ3n) is 2.78. The van der Waals surface area contributed by atoms with Gasteiger partial charge in [-0.2, -0.15) is 0 Å². The highest BCUT2D eigenvalue weighted by Crippen LogP contribution is 2.35. The molecule has 1 amide bonds.